The van der Waals surface area contributed by atoms with Gasteiger partial charge in [-0.05, 0) is 36.0 Å². The molecule has 198 valence electrons. The molecular weight excluding hydrogens is 492 g/mol. The van der Waals surface area contributed by atoms with Gasteiger partial charge in [0.1, 0.15) is 17.2 Å². The van der Waals surface area contributed by atoms with Crippen LogP contribution in [0.3, 0.4) is 0 Å². The molecule has 0 aliphatic rings. The third kappa shape index (κ3) is 9.59. The standard InChI is InChI=1S/C33H30O6/c34-31(19-16-25-10-4-1-5-11-25)37-28-22-29(38-32(35)20-17-26-12-6-2-7-13-26)24-30(23-28)39-33(36)21-18-27-14-8-3-9-15-27/h1-15,22-24H,16-21H2. The van der Waals surface area contributed by atoms with Crippen molar-refractivity contribution in [3.05, 3.63) is 126 Å². The first kappa shape index (κ1) is 27.3. The molecule has 0 saturated carbocycles. The van der Waals surface area contributed by atoms with Gasteiger partial charge in [-0.3, -0.25) is 14.4 Å². The van der Waals surface area contributed by atoms with Gasteiger partial charge in [0.2, 0.25) is 0 Å². The van der Waals surface area contributed by atoms with Crippen LogP contribution in [0.1, 0.15) is 36.0 Å². The summed E-state index contributed by atoms with van der Waals surface area (Å²) in [7, 11) is 0. The van der Waals surface area contributed by atoms with Crippen LogP contribution >= 0.6 is 0 Å². The molecule has 0 aromatic heterocycles. The lowest BCUT2D eigenvalue weighted by atomic mass is 10.1. The van der Waals surface area contributed by atoms with E-state index in [2.05, 4.69) is 0 Å². The van der Waals surface area contributed by atoms with E-state index in [0.29, 0.717) is 19.3 Å². The van der Waals surface area contributed by atoms with Crippen LogP contribution in [0, 0.1) is 0 Å². The van der Waals surface area contributed by atoms with Gasteiger partial charge in [0.05, 0.1) is 0 Å². The van der Waals surface area contributed by atoms with E-state index in [1.54, 1.807) is 0 Å². The Labute approximate surface area is 228 Å². The van der Waals surface area contributed by atoms with E-state index in [-0.39, 0.29) is 36.5 Å². The molecule has 6 nitrogen and oxygen atoms in total. The fraction of sp³-hybridized carbons (Fsp3) is 0.182. The van der Waals surface area contributed by atoms with Gasteiger partial charge in [-0.1, -0.05) is 91.0 Å². The summed E-state index contributed by atoms with van der Waals surface area (Å²) in [6, 6.07) is 33.2. The quantitative estimate of drug-likeness (QED) is 0.160. The van der Waals surface area contributed by atoms with Crippen molar-refractivity contribution in [2.24, 2.45) is 0 Å². The Balaban J connectivity index is 1.41. The number of esters is 3. The smallest absolute Gasteiger partial charge is 0.311 e. The van der Waals surface area contributed by atoms with Crippen molar-refractivity contribution in [3.63, 3.8) is 0 Å². The number of hydrogen-bond acceptors (Lipinski definition) is 6. The molecular formula is C33H30O6. The Morgan fingerprint density at radius 1 is 0.410 bits per heavy atom. The topological polar surface area (TPSA) is 78.9 Å². The Morgan fingerprint density at radius 3 is 0.923 bits per heavy atom. The van der Waals surface area contributed by atoms with Crippen LogP contribution in [0.2, 0.25) is 0 Å². The molecule has 0 N–H and O–H groups in total. The summed E-state index contributed by atoms with van der Waals surface area (Å²) in [4.78, 5) is 37.6. The van der Waals surface area contributed by atoms with Crippen molar-refractivity contribution in [2.75, 3.05) is 0 Å². The predicted molar refractivity (Wildman–Crippen MR) is 148 cm³/mol. The van der Waals surface area contributed by atoms with Crippen LogP contribution in [-0.2, 0) is 33.6 Å². The van der Waals surface area contributed by atoms with E-state index in [1.165, 1.54) is 18.2 Å². The number of rotatable bonds is 12. The molecule has 0 bridgehead atoms. The third-order valence-electron chi connectivity index (χ3n) is 5.93. The molecule has 0 atom stereocenters. The first-order valence-corrected chi connectivity index (χ1v) is 12.9. The summed E-state index contributed by atoms with van der Waals surface area (Å²) in [5.74, 6) is -0.958. The fourth-order valence-electron chi connectivity index (χ4n) is 3.94. The van der Waals surface area contributed by atoms with Crippen LogP contribution in [0.5, 0.6) is 17.2 Å². The van der Waals surface area contributed by atoms with Gasteiger partial charge >= 0.3 is 17.9 Å². The van der Waals surface area contributed by atoms with Crippen LogP contribution in [0.25, 0.3) is 0 Å². The molecule has 4 rings (SSSR count). The lowest BCUT2D eigenvalue weighted by Gasteiger charge is -2.11. The number of ether oxygens (including phenoxy) is 3. The normalized spacial score (nSPS) is 10.5. The zero-order valence-corrected chi connectivity index (χ0v) is 21.6. The highest BCUT2D eigenvalue weighted by atomic mass is 16.6. The molecule has 0 amide bonds. The summed E-state index contributed by atoms with van der Waals surface area (Å²) < 4.78 is 16.6. The van der Waals surface area contributed by atoms with Crippen molar-refractivity contribution < 1.29 is 28.6 Å². The van der Waals surface area contributed by atoms with Crippen LogP contribution in [-0.4, -0.2) is 17.9 Å². The first-order valence-electron chi connectivity index (χ1n) is 12.9. The second-order valence-corrected chi connectivity index (χ2v) is 9.02. The zero-order valence-electron chi connectivity index (χ0n) is 21.6. The monoisotopic (exact) mass is 522 g/mol. The Bertz CT molecular complexity index is 1190. The van der Waals surface area contributed by atoms with Crippen LogP contribution < -0.4 is 14.2 Å². The molecule has 4 aromatic carbocycles. The van der Waals surface area contributed by atoms with Gasteiger partial charge in [-0.25, -0.2) is 0 Å². The summed E-state index contributed by atoms with van der Waals surface area (Å²) in [6.07, 6.45) is 2.06. The van der Waals surface area contributed by atoms with Gasteiger partial charge in [0.15, 0.2) is 0 Å². The Kier molecular flexibility index (Phi) is 10.0. The minimum atomic E-state index is -0.451. The van der Waals surface area contributed by atoms with E-state index in [4.69, 9.17) is 14.2 Å². The number of aryl methyl sites for hydroxylation is 3. The molecule has 0 unspecified atom stereocenters. The van der Waals surface area contributed by atoms with Gasteiger partial charge in [0, 0.05) is 37.5 Å². The average molecular weight is 523 g/mol. The van der Waals surface area contributed by atoms with Crippen molar-refractivity contribution in [2.45, 2.75) is 38.5 Å². The molecule has 0 fully saturated rings. The SMILES string of the molecule is O=C(CCc1ccccc1)Oc1cc(OC(=O)CCc2ccccc2)cc(OC(=O)CCc2ccccc2)c1. The van der Waals surface area contributed by atoms with Crippen molar-refractivity contribution in [3.8, 4) is 17.2 Å². The van der Waals surface area contributed by atoms with Crippen LogP contribution in [0.15, 0.2) is 109 Å². The molecule has 0 aliphatic carbocycles. The Morgan fingerprint density at radius 2 is 0.667 bits per heavy atom. The number of carbonyl (C=O) groups is 3. The molecule has 0 aliphatic heterocycles. The van der Waals surface area contributed by atoms with Gasteiger partial charge in [0.25, 0.3) is 0 Å². The first-order chi connectivity index (χ1) is 19.0. The van der Waals surface area contributed by atoms with E-state index in [1.807, 2.05) is 91.0 Å². The highest BCUT2D eigenvalue weighted by molar-refractivity contribution is 5.76. The lowest BCUT2D eigenvalue weighted by molar-refractivity contribution is -0.134. The third-order valence-corrected chi connectivity index (χ3v) is 5.93. The van der Waals surface area contributed by atoms with Crippen molar-refractivity contribution >= 4 is 17.9 Å². The maximum Gasteiger partial charge on any atom is 0.311 e. The largest absolute Gasteiger partial charge is 0.426 e. The summed E-state index contributed by atoms with van der Waals surface area (Å²) in [6.45, 7) is 0. The van der Waals surface area contributed by atoms with Crippen LogP contribution in [0.4, 0.5) is 0 Å². The molecule has 0 heterocycles. The minimum absolute atomic E-state index is 0.132. The van der Waals surface area contributed by atoms with E-state index in [9.17, 15) is 14.4 Å². The lowest BCUT2D eigenvalue weighted by Crippen LogP contribution is -2.13. The maximum atomic E-state index is 12.5. The molecule has 0 radical (unpaired) electrons. The average Bonchev–Trinajstić information content (AvgIpc) is 2.95. The van der Waals surface area contributed by atoms with Crippen molar-refractivity contribution in [1.82, 2.24) is 0 Å². The zero-order chi connectivity index (χ0) is 27.3. The summed E-state index contributed by atoms with van der Waals surface area (Å²) >= 11 is 0. The van der Waals surface area contributed by atoms with Gasteiger partial charge in [-0.2, -0.15) is 0 Å². The summed E-state index contributed by atoms with van der Waals surface area (Å²) in [5.41, 5.74) is 3.05. The van der Waals surface area contributed by atoms with Gasteiger partial charge < -0.3 is 14.2 Å². The van der Waals surface area contributed by atoms with E-state index >= 15 is 0 Å². The maximum absolute atomic E-state index is 12.5. The van der Waals surface area contributed by atoms with E-state index in [0.717, 1.165) is 16.7 Å². The second-order valence-electron chi connectivity index (χ2n) is 9.02. The predicted octanol–water partition coefficient (Wildman–Crippen LogP) is 6.30. The highest BCUT2D eigenvalue weighted by Crippen LogP contribution is 2.29. The van der Waals surface area contributed by atoms with Gasteiger partial charge in [-0.15, -0.1) is 0 Å². The molecule has 0 saturated heterocycles. The molecule has 39 heavy (non-hydrogen) atoms. The number of hydrogen-bond donors (Lipinski definition) is 0. The molecule has 0 spiro atoms. The van der Waals surface area contributed by atoms with E-state index < -0.39 is 17.9 Å². The molecule has 6 heteroatoms. The molecule has 4 aromatic rings. The highest BCUT2D eigenvalue weighted by Gasteiger charge is 2.14. The minimum Gasteiger partial charge on any atom is -0.426 e. The fourth-order valence-corrected chi connectivity index (χ4v) is 3.94. The van der Waals surface area contributed by atoms with Crippen molar-refractivity contribution in [1.29, 1.82) is 0 Å². The Hall–Kier alpha value is -4.71. The number of benzene rings is 4. The second kappa shape index (κ2) is 14.3. The number of carbonyl (C=O) groups excluding carboxylic acids is 3. The summed E-state index contributed by atoms with van der Waals surface area (Å²) in [5, 5.41) is 0.